The predicted octanol–water partition coefficient (Wildman–Crippen LogP) is 2.58. The number of nitrogens with zero attached hydrogens (tertiary/aromatic N) is 2. The van der Waals surface area contributed by atoms with Crippen LogP contribution in [0, 0.1) is 6.92 Å². The summed E-state index contributed by atoms with van der Waals surface area (Å²) >= 11 is 0. The minimum Gasteiger partial charge on any atom is -0.316 e. The molecular weight excluding hydrogens is 318 g/mol. The molecule has 0 saturated carbocycles. The first kappa shape index (κ1) is 14.9. The lowest BCUT2D eigenvalue weighted by Gasteiger charge is -2.06. The molecule has 3 aromatic heterocycles. The van der Waals surface area contributed by atoms with Crippen LogP contribution in [0.3, 0.4) is 0 Å². The third kappa shape index (κ3) is 2.72. The number of anilines is 1. The van der Waals surface area contributed by atoms with E-state index in [0.717, 1.165) is 11.3 Å². The molecule has 0 spiro atoms. The topological polar surface area (TPSA) is 95.0 Å². The van der Waals surface area contributed by atoms with Crippen LogP contribution in [0.4, 0.5) is 5.69 Å². The number of aromatic amines is 2. The van der Waals surface area contributed by atoms with E-state index in [-0.39, 0.29) is 17.2 Å². The number of rotatable bonds is 3. The number of hydrogen-bond donors (Lipinski definition) is 3. The van der Waals surface area contributed by atoms with Crippen molar-refractivity contribution in [2.45, 2.75) is 6.92 Å². The van der Waals surface area contributed by atoms with Crippen molar-refractivity contribution in [3.63, 3.8) is 0 Å². The summed E-state index contributed by atoms with van der Waals surface area (Å²) in [5.74, 6) is -0.370. The summed E-state index contributed by atoms with van der Waals surface area (Å²) in [5.41, 5.74) is 3.12. The second kappa shape index (κ2) is 5.79. The number of imidazole rings is 1. The molecule has 0 saturated heterocycles. The van der Waals surface area contributed by atoms with Gasteiger partial charge < -0.3 is 9.72 Å². The van der Waals surface area contributed by atoms with Gasteiger partial charge in [0.15, 0.2) is 0 Å². The molecule has 0 unspecified atom stereocenters. The van der Waals surface area contributed by atoms with Crippen LogP contribution >= 0.6 is 0 Å². The molecule has 1 amide bonds. The number of aromatic nitrogens is 4. The maximum Gasteiger partial charge on any atom is 0.288 e. The van der Waals surface area contributed by atoms with Gasteiger partial charge in [-0.25, -0.2) is 4.98 Å². The minimum absolute atomic E-state index is 0.190. The van der Waals surface area contributed by atoms with Gasteiger partial charge in [-0.1, -0.05) is 30.3 Å². The smallest absolute Gasteiger partial charge is 0.288 e. The molecule has 0 aliphatic rings. The molecule has 0 radical (unpaired) electrons. The van der Waals surface area contributed by atoms with E-state index in [9.17, 15) is 9.59 Å². The lowest BCUT2D eigenvalue weighted by Crippen LogP contribution is -2.17. The Morgan fingerprint density at radius 3 is 2.76 bits per heavy atom. The highest BCUT2D eigenvalue weighted by Gasteiger charge is 2.16. The predicted molar refractivity (Wildman–Crippen MR) is 94.7 cm³/mol. The zero-order chi connectivity index (χ0) is 17.4. The molecule has 0 bridgehead atoms. The van der Waals surface area contributed by atoms with Gasteiger partial charge in [-0.2, -0.15) is 0 Å². The number of aryl methyl sites for hydroxylation is 1. The van der Waals surface area contributed by atoms with Gasteiger partial charge in [0.1, 0.15) is 11.3 Å². The molecule has 4 rings (SSSR count). The Kier molecular flexibility index (Phi) is 3.46. The van der Waals surface area contributed by atoms with Gasteiger partial charge >= 0.3 is 0 Å². The number of nitrogens with one attached hydrogen (secondary N) is 3. The molecule has 0 aliphatic heterocycles. The molecule has 0 fully saturated rings. The first-order valence-corrected chi connectivity index (χ1v) is 7.74. The maximum absolute atomic E-state index is 12.6. The fourth-order valence-electron chi connectivity index (χ4n) is 2.73. The van der Waals surface area contributed by atoms with Crippen LogP contribution in [-0.2, 0) is 0 Å². The van der Waals surface area contributed by atoms with Crippen molar-refractivity contribution in [1.82, 2.24) is 19.6 Å². The Balaban J connectivity index is 1.68. The van der Waals surface area contributed by atoms with E-state index in [1.54, 1.807) is 18.3 Å². The summed E-state index contributed by atoms with van der Waals surface area (Å²) in [7, 11) is 0. The summed E-state index contributed by atoms with van der Waals surface area (Å²) < 4.78 is 1.84. The van der Waals surface area contributed by atoms with Gasteiger partial charge in [0.05, 0.1) is 11.4 Å². The molecule has 3 heterocycles. The zero-order valence-electron chi connectivity index (χ0n) is 13.4. The first-order valence-electron chi connectivity index (χ1n) is 7.74. The molecular formula is C18H15N5O2. The summed E-state index contributed by atoms with van der Waals surface area (Å²) in [6.07, 6.45) is 3.64. The lowest BCUT2D eigenvalue weighted by atomic mass is 10.1. The molecule has 4 aromatic rings. The van der Waals surface area contributed by atoms with E-state index >= 15 is 0 Å². The fraction of sp³-hybridized carbons (Fsp3) is 0.0556. The monoisotopic (exact) mass is 333 g/mol. The molecule has 0 aliphatic carbocycles. The summed E-state index contributed by atoms with van der Waals surface area (Å²) in [6, 6.07) is 12.7. The Morgan fingerprint density at radius 2 is 1.96 bits per heavy atom. The molecule has 7 nitrogen and oxygen atoms in total. The van der Waals surface area contributed by atoms with Gasteiger partial charge in [-0.3, -0.25) is 19.8 Å². The SMILES string of the molecule is Cc1cn2ccc(C(=O)Nc3c(-c4ccccc4)[nH][nH]c3=O)cc2n1. The first-order chi connectivity index (χ1) is 12.1. The van der Waals surface area contributed by atoms with Crippen LogP contribution in [0.25, 0.3) is 16.9 Å². The Morgan fingerprint density at radius 1 is 1.16 bits per heavy atom. The average molecular weight is 333 g/mol. The number of H-pyrrole nitrogens is 2. The van der Waals surface area contributed by atoms with Crippen molar-refractivity contribution < 1.29 is 4.79 Å². The Hall–Kier alpha value is -3.61. The second-order valence-corrected chi connectivity index (χ2v) is 5.71. The van der Waals surface area contributed by atoms with Crippen molar-refractivity contribution in [3.05, 3.63) is 76.5 Å². The third-order valence-electron chi connectivity index (χ3n) is 3.92. The van der Waals surface area contributed by atoms with Crippen LogP contribution in [0.2, 0.25) is 0 Å². The van der Waals surface area contributed by atoms with E-state index in [0.29, 0.717) is 16.9 Å². The highest BCUT2D eigenvalue weighted by atomic mass is 16.2. The zero-order valence-corrected chi connectivity index (χ0v) is 13.4. The van der Waals surface area contributed by atoms with E-state index in [1.807, 2.05) is 47.9 Å². The Labute approximate surface area is 142 Å². The molecule has 124 valence electrons. The van der Waals surface area contributed by atoms with Crippen molar-refractivity contribution >= 4 is 17.2 Å². The summed E-state index contributed by atoms with van der Waals surface area (Å²) in [4.78, 5) is 29.0. The van der Waals surface area contributed by atoms with Crippen LogP contribution in [0.5, 0.6) is 0 Å². The van der Waals surface area contributed by atoms with Crippen molar-refractivity contribution in [1.29, 1.82) is 0 Å². The van der Waals surface area contributed by atoms with E-state index in [4.69, 9.17) is 0 Å². The standard InChI is InChI=1S/C18H15N5O2/c1-11-10-23-8-7-13(9-14(23)19-11)17(24)20-16-15(21-22-18(16)25)12-5-3-2-4-6-12/h2-10H,1H3,(H,20,24)(H2,21,22,25). The number of pyridine rings is 1. The highest BCUT2D eigenvalue weighted by Crippen LogP contribution is 2.22. The van der Waals surface area contributed by atoms with Gasteiger partial charge in [-0.05, 0) is 19.1 Å². The number of carbonyl (C=O) groups is 1. The average Bonchev–Trinajstić information content (AvgIpc) is 3.17. The van der Waals surface area contributed by atoms with Gasteiger partial charge in [-0.15, -0.1) is 0 Å². The number of benzene rings is 1. The fourth-order valence-corrected chi connectivity index (χ4v) is 2.73. The number of hydrogen-bond acceptors (Lipinski definition) is 3. The molecule has 7 heteroatoms. The minimum atomic E-state index is -0.384. The molecule has 25 heavy (non-hydrogen) atoms. The normalized spacial score (nSPS) is 10.9. The second-order valence-electron chi connectivity index (χ2n) is 5.71. The van der Waals surface area contributed by atoms with Crippen LogP contribution in [0.1, 0.15) is 16.1 Å². The number of carbonyl (C=O) groups excluding carboxylic acids is 1. The number of fused-ring (bicyclic) bond motifs is 1. The third-order valence-corrected chi connectivity index (χ3v) is 3.92. The summed E-state index contributed by atoms with van der Waals surface area (Å²) in [5, 5.41) is 8.02. The number of amides is 1. The summed E-state index contributed by atoms with van der Waals surface area (Å²) in [6.45, 7) is 1.89. The highest BCUT2D eigenvalue weighted by molar-refractivity contribution is 6.06. The van der Waals surface area contributed by atoms with E-state index in [2.05, 4.69) is 20.5 Å². The Bertz CT molecular complexity index is 1120. The van der Waals surface area contributed by atoms with Gasteiger partial charge in [0.25, 0.3) is 11.5 Å². The van der Waals surface area contributed by atoms with Crippen molar-refractivity contribution in [3.8, 4) is 11.3 Å². The maximum atomic E-state index is 12.6. The quantitative estimate of drug-likeness (QED) is 0.538. The van der Waals surface area contributed by atoms with E-state index in [1.165, 1.54) is 0 Å². The van der Waals surface area contributed by atoms with Gasteiger partial charge in [0.2, 0.25) is 0 Å². The van der Waals surface area contributed by atoms with Crippen LogP contribution in [-0.4, -0.2) is 25.5 Å². The lowest BCUT2D eigenvalue weighted by molar-refractivity contribution is 0.102. The largest absolute Gasteiger partial charge is 0.316 e. The van der Waals surface area contributed by atoms with Crippen molar-refractivity contribution in [2.24, 2.45) is 0 Å². The molecule has 1 aromatic carbocycles. The van der Waals surface area contributed by atoms with Crippen molar-refractivity contribution in [2.75, 3.05) is 5.32 Å². The molecule has 0 atom stereocenters. The van der Waals surface area contributed by atoms with Gasteiger partial charge in [0, 0.05) is 23.5 Å². The van der Waals surface area contributed by atoms with Crippen LogP contribution < -0.4 is 10.9 Å². The van der Waals surface area contributed by atoms with Crippen LogP contribution in [0.15, 0.2) is 59.7 Å². The van der Waals surface area contributed by atoms with E-state index < -0.39 is 0 Å². The molecule has 3 N–H and O–H groups in total.